The number of ether oxygens (including phenoxy) is 1. The van der Waals surface area contributed by atoms with Crippen LogP contribution in [0.3, 0.4) is 0 Å². The Hall–Kier alpha value is -1.35. The van der Waals surface area contributed by atoms with E-state index >= 15 is 0 Å². The third kappa shape index (κ3) is 3.57. The van der Waals surface area contributed by atoms with E-state index in [1.165, 1.54) is 12.7 Å². The number of hydrogen-bond donors (Lipinski definition) is 1. The maximum absolute atomic E-state index is 11.7. The van der Waals surface area contributed by atoms with Gasteiger partial charge in [-0.1, -0.05) is 45.0 Å². The van der Waals surface area contributed by atoms with Crippen LogP contribution >= 0.6 is 0 Å². The summed E-state index contributed by atoms with van der Waals surface area (Å²) in [5.74, 6) is -0.217. The van der Waals surface area contributed by atoms with Crippen LogP contribution in [-0.4, -0.2) is 19.1 Å². The van der Waals surface area contributed by atoms with Crippen molar-refractivity contribution in [2.45, 2.75) is 51.5 Å². The van der Waals surface area contributed by atoms with Gasteiger partial charge in [0, 0.05) is 11.5 Å². The molecule has 0 aliphatic heterocycles. The minimum Gasteiger partial charge on any atom is -0.469 e. The molecule has 0 heterocycles. The average molecular weight is 263 g/mol. The lowest BCUT2D eigenvalue weighted by atomic mass is 9.72. The first-order chi connectivity index (χ1) is 8.97. The molecule has 1 aromatic carbocycles. The fourth-order valence-corrected chi connectivity index (χ4v) is 2.39. The summed E-state index contributed by atoms with van der Waals surface area (Å²) in [6, 6.07) is 8.30. The number of benzene rings is 1. The lowest BCUT2D eigenvalue weighted by molar-refractivity contribution is -0.142. The molecule has 2 unspecified atom stereocenters. The molecule has 1 rings (SSSR count). The van der Waals surface area contributed by atoms with Crippen LogP contribution in [0.15, 0.2) is 24.3 Å². The number of carbonyl (C=O) groups is 1. The topological polar surface area (TPSA) is 52.3 Å². The first-order valence-electron chi connectivity index (χ1n) is 6.89. The van der Waals surface area contributed by atoms with E-state index < -0.39 is 0 Å². The third-order valence-corrected chi connectivity index (χ3v) is 4.02. The van der Waals surface area contributed by atoms with Gasteiger partial charge in [0.2, 0.25) is 0 Å². The first kappa shape index (κ1) is 15.7. The monoisotopic (exact) mass is 263 g/mol. The van der Waals surface area contributed by atoms with Crippen molar-refractivity contribution >= 4 is 5.97 Å². The summed E-state index contributed by atoms with van der Waals surface area (Å²) in [5, 5.41) is 0. The highest BCUT2D eigenvalue weighted by Gasteiger charge is 2.35. The summed E-state index contributed by atoms with van der Waals surface area (Å²) in [6.07, 6.45) is 2.14. The van der Waals surface area contributed by atoms with E-state index in [0.29, 0.717) is 6.42 Å². The van der Waals surface area contributed by atoms with Crippen LogP contribution in [-0.2, 0) is 21.4 Å². The molecule has 1 aromatic rings. The van der Waals surface area contributed by atoms with Crippen molar-refractivity contribution in [2.75, 3.05) is 7.11 Å². The summed E-state index contributed by atoms with van der Waals surface area (Å²) in [5.41, 5.74) is 8.26. The Morgan fingerprint density at radius 1 is 1.32 bits per heavy atom. The summed E-state index contributed by atoms with van der Waals surface area (Å²) in [6.45, 7) is 6.21. The maximum atomic E-state index is 11.7. The minimum atomic E-state index is -0.381. The molecule has 0 fully saturated rings. The minimum absolute atomic E-state index is 0.0703. The second kappa shape index (κ2) is 6.71. The number of nitrogens with two attached hydrogens (primary N) is 1. The Balaban J connectivity index is 3.10. The van der Waals surface area contributed by atoms with E-state index in [0.717, 1.165) is 18.4 Å². The van der Waals surface area contributed by atoms with Crippen LogP contribution in [0.25, 0.3) is 0 Å². The second-order valence-electron chi connectivity index (χ2n) is 5.24. The van der Waals surface area contributed by atoms with Gasteiger partial charge in [-0.3, -0.25) is 4.79 Å². The van der Waals surface area contributed by atoms with E-state index in [1.54, 1.807) is 0 Å². The Bertz CT molecular complexity index is 413. The Morgan fingerprint density at radius 3 is 2.32 bits per heavy atom. The molecule has 0 bridgehead atoms. The Labute approximate surface area is 116 Å². The Morgan fingerprint density at radius 2 is 1.89 bits per heavy atom. The van der Waals surface area contributed by atoms with Crippen molar-refractivity contribution < 1.29 is 9.53 Å². The highest BCUT2D eigenvalue weighted by atomic mass is 16.5. The second-order valence-corrected chi connectivity index (χ2v) is 5.24. The van der Waals surface area contributed by atoms with Crippen LogP contribution < -0.4 is 5.73 Å². The van der Waals surface area contributed by atoms with Crippen molar-refractivity contribution in [2.24, 2.45) is 5.73 Å². The Kier molecular flexibility index (Phi) is 5.55. The lowest BCUT2D eigenvalue weighted by Crippen LogP contribution is -2.44. The fraction of sp³-hybridized carbons (Fsp3) is 0.562. The maximum Gasteiger partial charge on any atom is 0.306 e. The van der Waals surface area contributed by atoms with Crippen LogP contribution in [0, 0.1) is 0 Å². The lowest BCUT2D eigenvalue weighted by Gasteiger charge is -2.35. The molecule has 0 radical (unpaired) electrons. The zero-order valence-electron chi connectivity index (χ0n) is 12.4. The van der Waals surface area contributed by atoms with Gasteiger partial charge in [0.25, 0.3) is 0 Å². The number of methoxy groups -OCH3 is 1. The van der Waals surface area contributed by atoms with Gasteiger partial charge in [0.15, 0.2) is 0 Å². The molecule has 0 amide bonds. The molecule has 2 atom stereocenters. The zero-order chi connectivity index (χ0) is 14.5. The quantitative estimate of drug-likeness (QED) is 0.803. The molecule has 19 heavy (non-hydrogen) atoms. The van der Waals surface area contributed by atoms with E-state index in [-0.39, 0.29) is 17.4 Å². The van der Waals surface area contributed by atoms with Crippen molar-refractivity contribution in [3.8, 4) is 0 Å². The number of aryl methyl sites for hydroxylation is 1. The molecule has 0 aliphatic rings. The molecular formula is C16H25NO2. The van der Waals surface area contributed by atoms with E-state index in [1.807, 2.05) is 13.8 Å². The van der Waals surface area contributed by atoms with Gasteiger partial charge in [0.05, 0.1) is 13.5 Å². The fourth-order valence-electron chi connectivity index (χ4n) is 2.39. The van der Waals surface area contributed by atoms with Crippen LogP contribution in [0.2, 0.25) is 0 Å². The normalized spacial score (nSPS) is 15.6. The molecule has 0 aliphatic carbocycles. The smallest absolute Gasteiger partial charge is 0.306 e. The third-order valence-electron chi connectivity index (χ3n) is 4.02. The van der Waals surface area contributed by atoms with Gasteiger partial charge in [0.1, 0.15) is 0 Å². The summed E-state index contributed by atoms with van der Waals surface area (Å²) < 4.78 is 4.81. The SMILES string of the molecule is CCc1ccc(C(C)(CC(=O)OC)C(N)CC)cc1. The van der Waals surface area contributed by atoms with Gasteiger partial charge in [-0.05, 0) is 24.0 Å². The van der Waals surface area contributed by atoms with Crippen molar-refractivity contribution in [3.63, 3.8) is 0 Å². The van der Waals surface area contributed by atoms with Crippen LogP contribution in [0.4, 0.5) is 0 Å². The largest absolute Gasteiger partial charge is 0.469 e. The summed E-state index contributed by atoms with van der Waals surface area (Å²) >= 11 is 0. The van der Waals surface area contributed by atoms with Gasteiger partial charge < -0.3 is 10.5 Å². The average Bonchev–Trinajstić information content (AvgIpc) is 2.45. The molecule has 0 spiro atoms. The molecule has 0 saturated carbocycles. The van der Waals surface area contributed by atoms with Crippen molar-refractivity contribution in [1.29, 1.82) is 0 Å². The highest BCUT2D eigenvalue weighted by Crippen LogP contribution is 2.32. The van der Waals surface area contributed by atoms with E-state index in [2.05, 4.69) is 31.2 Å². The first-order valence-corrected chi connectivity index (χ1v) is 6.89. The van der Waals surface area contributed by atoms with Crippen LogP contribution in [0.5, 0.6) is 0 Å². The number of hydrogen-bond acceptors (Lipinski definition) is 3. The molecule has 106 valence electrons. The van der Waals surface area contributed by atoms with E-state index in [4.69, 9.17) is 10.5 Å². The molecule has 0 saturated heterocycles. The predicted molar refractivity (Wildman–Crippen MR) is 78.1 cm³/mol. The molecule has 2 N–H and O–H groups in total. The zero-order valence-corrected chi connectivity index (χ0v) is 12.4. The van der Waals surface area contributed by atoms with Gasteiger partial charge in [-0.25, -0.2) is 0 Å². The van der Waals surface area contributed by atoms with Gasteiger partial charge >= 0.3 is 5.97 Å². The van der Waals surface area contributed by atoms with Crippen LogP contribution in [0.1, 0.15) is 44.7 Å². The highest BCUT2D eigenvalue weighted by molar-refractivity contribution is 5.71. The predicted octanol–water partition coefficient (Wildman–Crippen LogP) is 2.81. The molecule has 3 heteroatoms. The number of esters is 1. The molecule has 3 nitrogen and oxygen atoms in total. The van der Waals surface area contributed by atoms with Gasteiger partial charge in [-0.15, -0.1) is 0 Å². The number of carbonyl (C=O) groups excluding carboxylic acids is 1. The summed E-state index contributed by atoms with van der Waals surface area (Å²) in [7, 11) is 1.42. The molecule has 0 aromatic heterocycles. The standard InChI is InChI=1S/C16H25NO2/c1-5-12-7-9-13(10-8-12)16(3,14(17)6-2)11-15(18)19-4/h7-10,14H,5-6,11,17H2,1-4H3. The van der Waals surface area contributed by atoms with Crippen molar-refractivity contribution in [1.82, 2.24) is 0 Å². The molecular weight excluding hydrogens is 238 g/mol. The van der Waals surface area contributed by atoms with Crippen molar-refractivity contribution in [3.05, 3.63) is 35.4 Å². The summed E-state index contributed by atoms with van der Waals surface area (Å²) in [4.78, 5) is 11.7. The van der Waals surface area contributed by atoms with Gasteiger partial charge in [-0.2, -0.15) is 0 Å². The number of rotatable bonds is 6. The van der Waals surface area contributed by atoms with E-state index in [9.17, 15) is 4.79 Å².